The Balaban J connectivity index is 0.000000174. The zero-order valence-corrected chi connectivity index (χ0v) is 58.5. The first-order valence-electron chi connectivity index (χ1n) is 29.7. The standard InChI is InChI=1S/C18H13OS.C18H13S.C11H9NO4.C11H8O4S.2C7H9F3O5S/c1-2-8-14(9-3-1)20-17-12-6-4-10-15(17)19-16-11-5-7-13-18(16)20;1-2-8-14(9-3-1)19-17-12-6-4-10-15(17)16-11-5-7-13-18(16)19;1-6(2)10(13)15-7-3-4-8-9(5-7)16-11(14)12-8;1-6(2)10(12)14-7-3-4-9-8(5-7)15-11(13)16-9;2*1-4(2)6(11)15-5(7(8,9)10)3-16(12,13)14/h1-13H;1-13H;3-5H,1H2,2H3,(H,12,14);3-5H,1H2,2H3;2*5H,1,3H2,2H3,(H,12,13,14)/q2*+1;;;;/p-2. The molecule has 12 rings (SSSR count). The minimum absolute atomic E-state index is 0.0594. The highest BCUT2D eigenvalue weighted by molar-refractivity contribution is 7.97. The number of para-hydroxylation sites is 2. The van der Waals surface area contributed by atoms with Crippen LogP contribution in [0.5, 0.6) is 23.0 Å². The summed E-state index contributed by atoms with van der Waals surface area (Å²) in [5.74, 6) is -5.50. The van der Waals surface area contributed by atoms with Crippen LogP contribution in [0.3, 0.4) is 0 Å². The van der Waals surface area contributed by atoms with Gasteiger partial charge in [0.25, 0.3) is 0 Å². The number of thiophene rings is 1. The summed E-state index contributed by atoms with van der Waals surface area (Å²) in [4.78, 5) is 73.2. The molecule has 2 unspecified atom stereocenters. The summed E-state index contributed by atoms with van der Waals surface area (Å²) in [6, 6.07) is 65.1. The molecule has 538 valence electrons. The third-order valence-electron chi connectivity index (χ3n) is 13.3. The zero-order chi connectivity index (χ0) is 75.7. The molecular formula is C72H59F6NO19S5. The van der Waals surface area contributed by atoms with Crippen LogP contribution in [-0.2, 0) is 59.8 Å². The first-order valence-corrected chi connectivity index (χ1v) is 36.1. The van der Waals surface area contributed by atoms with E-state index in [2.05, 4.69) is 174 Å². The first-order chi connectivity index (χ1) is 48.4. The summed E-state index contributed by atoms with van der Waals surface area (Å²) < 4.78 is 171. The number of nitrogens with one attached hydrogen (secondary N) is 1. The number of rotatable bonds is 14. The second-order valence-corrected chi connectivity index (χ2v) is 29.5. The van der Waals surface area contributed by atoms with Gasteiger partial charge in [-0.15, -0.1) is 0 Å². The molecule has 0 aliphatic carbocycles. The van der Waals surface area contributed by atoms with E-state index in [0.29, 0.717) is 39.3 Å². The maximum Gasteiger partial charge on any atom is 0.426 e. The highest BCUT2D eigenvalue weighted by Crippen LogP contribution is 2.49. The van der Waals surface area contributed by atoms with Crippen molar-refractivity contribution in [2.24, 2.45) is 0 Å². The predicted molar refractivity (Wildman–Crippen MR) is 376 cm³/mol. The number of benzene rings is 8. The number of carbonyl (C=O) groups excluding carboxylic acids is 4. The Labute approximate surface area is 593 Å². The number of hydrogen-bond donors (Lipinski definition) is 1. The Hall–Kier alpha value is -10.7. The van der Waals surface area contributed by atoms with Crippen LogP contribution >= 0.6 is 21.8 Å². The third kappa shape index (κ3) is 23.2. The van der Waals surface area contributed by atoms with Gasteiger partial charge in [0, 0.05) is 55.7 Å². The van der Waals surface area contributed by atoms with Crippen molar-refractivity contribution in [1.29, 1.82) is 0 Å². The Kier molecular flexibility index (Phi) is 26.9. The Morgan fingerprint density at radius 2 is 0.893 bits per heavy atom. The van der Waals surface area contributed by atoms with Gasteiger partial charge in [0.15, 0.2) is 41.9 Å². The van der Waals surface area contributed by atoms with E-state index < -0.39 is 85.9 Å². The molecule has 31 heteroatoms. The van der Waals surface area contributed by atoms with E-state index in [-0.39, 0.29) is 37.5 Å². The SMILES string of the molecule is C=C(C)C(=O)OC(CS(=O)(=O)[O-])C(F)(F)F.C=C(C)C(=O)OC(CS(=O)(=O)[O-])C(F)(F)F.C=C(C)C(=O)Oc1ccc2[nH]c(=O)oc2c1.C=C(C)C(=O)Oc1ccc2sc(=O)oc2c1.c1ccc(-[s+]2c3ccccc3c3ccccc32)cc1.c1ccc([S+]2c3ccccc3Oc3ccccc32)cc1. The number of ether oxygens (including phenoxy) is 5. The molecule has 3 aromatic heterocycles. The van der Waals surface area contributed by atoms with Gasteiger partial charge < -0.3 is 41.6 Å². The van der Waals surface area contributed by atoms with Gasteiger partial charge in [-0.2, -0.15) is 26.3 Å². The molecular weight excluding hydrogens is 1460 g/mol. The van der Waals surface area contributed by atoms with Crippen LogP contribution in [-0.4, -0.2) is 90.9 Å². The normalized spacial score (nSPS) is 12.3. The van der Waals surface area contributed by atoms with Crippen LogP contribution in [0.2, 0.25) is 0 Å². The molecule has 0 spiro atoms. The maximum atomic E-state index is 12.2. The molecule has 4 heterocycles. The number of carbonyl (C=O) groups is 4. The number of fused-ring (bicyclic) bond motifs is 7. The Bertz CT molecular complexity index is 5030. The maximum absolute atomic E-state index is 12.2. The van der Waals surface area contributed by atoms with E-state index in [4.69, 9.17) is 23.0 Å². The molecule has 103 heavy (non-hydrogen) atoms. The van der Waals surface area contributed by atoms with Crippen molar-refractivity contribution in [3.05, 3.63) is 263 Å². The molecule has 0 fully saturated rings. The number of esters is 4. The van der Waals surface area contributed by atoms with Crippen LogP contribution in [0.15, 0.2) is 276 Å². The smallest absolute Gasteiger partial charge is 0.426 e. The van der Waals surface area contributed by atoms with Gasteiger partial charge >= 0.3 is 46.9 Å². The number of halogens is 6. The van der Waals surface area contributed by atoms with E-state index >= 15 is 0 Å². The van der Waals surface area contributed by atoms with Crippen molar-refractivity contribution in [3.8, 4) is 27.9 Å². The molecule has 8 aromatic carbocycles. The summed E-state index contributed by atoms with van der Waals surface area (Å²) in [5.41, 5.74) is 1.26. The molecule has 0 saturated heterocycles. The number of aromatic nitrogens is 1. The van der Waals surface area contributed by atoms with Crippen LogP contribution in [0.4, 0.5) is 26.3 Å². The topological polar surface area (TPSA) is 305 Å². The zero-order valence-electron chi connectivity index (χ0n) is 54.4. The van der Waals surface area contributed by atoms with Crippen LogP contribution in [0.1, 0.15) is 27.7 Å². The molecule has 0 amide bonds. The Morgan fingerprint density at radius 3 is 1.32 bits per heavy atom. The van der Waals surface area contributed by atoms with Crippen molar-refractivity contribution < 1.29 is 104 Å². The second-order valence-electron chi connectivity index (χ2n) is 21.7. The highest BCUT2D eigenvalue weighted by atomic mass is 32.2. The number of oxazole rings is 1. The van der Waals surface area contributed by atoms with Crippen LogP contribution in [0, 0.1) is 0 Å². The molecule has 1 N–H and O–H groups in total. The van der Waals surface area contributed by atoms with Crippen molar-refractivity contribution in [3.63, 3.8) is 0 Å². The third-order valence-corrected chi connectivity index (χ3v) is 20.1. The fourth-order valence-corrected chi connectivity index (χ4v) is 15.2. The molecule has 1 aliphatic heterocycles. The molecule has 1 aliphatic rings. The molecule has 0 radical (unpaired) electrons. The molecule has 2 atom stereocenters. The quantitative estimate of drug-likeness (QED) is 0.0264. The number of aromatic amines is 1. The average molecular weight is 1520 g/mol. The molecule has 20 nitrogen and oxygen atoms in total. The number of hydrogen-bond acceptors (Lipinski definition) is 20. The fourth-order valence-electron chi connectivity index (χ4n) is 8.63. The van der Waals surface area contributed by atoms with E-state index in [9.17, 15) is 81.1 Å². The minimum atomic E-state index is -5.15. The lowest BCUT2D eigenvalue weighted by atomic mass is 10.2. The van der Waals surface area contributed by atoms with Crippen LogP contribution < -0.4 is 24.9 Å². The predicted octanol–water partition coefficient (Wildman–Crippen LogP) is 15.7. The van der Waals surface area contributed by atoms with E-state index in [1.54, 1.807) is 38.1 Å². The summed E-state index contributed by atoms with van der Waals surface area (Å²) >= 11 is 1.01. The average Bonchev–Trinajstić information content (AvgIpc) is 1.34. The van der Waals surface area contributed by atoms with Crippen molar-refractivity contribution >= 4 is 118 Å². The molecule has 0 bridgehead atoms. The molecule has 0 saturated carbocycles. The minimum Gasteiger partial charge on any atom is -0.748 e. The van der Waals surface area contributed by atoms with Gasteiger partial charge in [-0.3, -0.25) is 4.98 Å². The summed E-state index contributed by atoms with van der Waals surface area (Å²) in [6.07, 6.45) is -16.2. The van der Waals surface area contributed by atoms with E-state index in [1.807, 2.05) is 24.3 Å². The van der Waals surface area contributed by atoms with Crippen LogP contribution in [0.25, 0.3) is 46.5 Å². The summed E-state index contributed by atoms with van der Waals surface area (Å²) in [7, 11) is -10.3. The van der Waals surface area contributed by atoms with Gasteiger partial charge in [0.1, 0.15) is 22.4 Å². The van der Waals surface area contributed by atoms with Gasteiger partial charge in [-0.25, -0.2) is 45.6 Å². The van der Waals surface area contributed by atoms with Gasteiger partial charge in [0.05, 0.1) is 42.0 Å². The Morgan fingerprint density at radius 1 is 0.505 bits per heavy atom. The van der Waals surface area contributed by atoms with Gasteiger partial charge in [0.2, 0.25) is 22.0 Å². The van der Waals surface area contributed by atoms with E-state index in [1.165, 1.54) is 51.9 Å². The largest absolute Gasteiger partial charge is 0.748 e. The number of H-pyrrole nitrogens is 1. The van der Waals surface area contributed by atoms with Crippen molar-refractivity contribution in [2.75, 3.05) is 11.5 Å². The number of alkyl halides is 6. The lowest BCUT2D eigenvalue weighted by Crippen LogP contribution is -2.39. The van der Waals surface area contributed by atoms with Crippen molar-refractivity contribution in [2.45, 2.75) is 66.9 Å². The van der Waals surface area contributed by atoms with E-state index in [0.717, 1.165) is 41.4 Å². The fraction of sp³-hybridized carbons (Fsp3) is 0.139. The lowest BCUT2D eigenvalue weighted by molar-refractivity contribution is -0.213. The second kappa shape index (κ2) is 34.8. The van der Waals surface area contributed by atoms with Gasteiger partial charge in [-0.1, -0.05) is 123 Å². The van der Waals surface area contributed by atoms with Gasteiger partial charge in [-0.05, 0) is 125 Å². The highest BCUT2D eigenvalue weighted by Gasteiger charge is 2.45. The summed E-state index contributed by atoms with van der Waals surface area (Å²) in [5, 5.41) is 2.79. The van der Waals surface area contributed by atoms with Crippen molar-refractivity contribution in [1.82, 2.24) is 4.98 Å². The lowest BCUT2D eigenvalue weighted by Gasteiger charge is -2.21. The monoisotopic (exact) mass is 1520 g/mol. The molecule has 11 aromatic rings. The summed E-state index contributed by atoms with van der Waals surface area (Å²) in [6.45, 7) is 18.3. The first kappa shape index (κ1) is 79.7.